The van der Waals surface area contributed by atoms with E-state index < -0.39 is 6.10 Å². The molecule has 0 aromatic carbocycles. The monoisotopic (exact) mass is 1130 g/mol. The van der Waals surface area contributed by atoms with E-state index in [4.69, 9.17) is 14.2 Å². The second-order valence-electron chi connectivity index (χ2n) is 23.0. The first-order valence-electron chi connectivity index (χ1n) is 34.7. The molecule has 0 spiro atoms. The Kier molecular flexibility index (Phi) is 65.7. The van der Waals surface area contributed by atoms with Gasteiger partial charge in [0.15, 0.2) is 6.10 Å². The topological polar surface area (TPSA) is 78.9 Å². The lowest BCUT2D eigenvalue weighted by atomic mass is 10.0. The van der Waals surface area contributed by atoms with Gasteiger partial charge in [0.2, 0.25) is 0 Å². The van der Waals surface area contributed by atoms with Crippen molar-refractivity contribution in [2.75, 3.05) is 13.2 Å². The number of esters is 3. The summed E-state index contributed by atoms with van der Waals surface area (Å²) in [6.45, 7) is 6.43. The third-order valence-electron chi connectivity index (χ3n) is 15.1. The Morgan fingerprint density at radius 1 is 0.259 bits per heavy atom. The summed E-state index contributed by atoms with van der Waals surface area (Å²) in [6, 6.07) is 0. The van der Waals surface area contributed by atoms with Crippen LogP contribution in [-0.4, -0.2) is 37.2 Å². The molecule has 0 amide bonds. The number of ether oxygens (including phenoxy) is 3. The van der Waals surface area contributed by atoms with E-state index in [1.54, 1.807) is 0 Å². The Hall–Kier alpha value is -3.67. The number of rotatable bonds is 63. The summed E-state index contributed by atoms with van der Waals surface area (Å²) in [5, 5.41) is 0. The maximum absolute atomic E-state index is 12.9. The van der Waals surface area contributed by atoms with Crippen LogP contribution in [0.5, 0.6) is 0 Å². The number of hydrogen-bond donors (Lipinski definition) is 0. The Labute approximate surface area is 502 Å². The first-order valence-corrected chi connectivity index (χ1v) is 34.7. The van der Waals surface area contributed by atoms with Crippen LogP contribution in [0.25, 0.3) is 0 Å². The van der Waals surface area contributed by atoms with Crippen molar-refractivity contribution in [2.45, 2.75) is 348 Å². The normalized spacial score (nSPS) is 12.7. The minimum Gasteiger partial charge on any atom is -0.462 e. The van der Waals surface area contributed by atoms with Crippen LogP contribution in [0.3, 0.4) is 0 Å². The summed E-state index contributed by atoms with van der Waals surface area (Å²) in [5.74, 6) is -0.913. The van der Waals surface area contributed by atoms with Gasteiger partial charge in [-0.15, -0.1) is 0 Å². The molecule has 0 aromatic heterocycles. The number of hydrogen-bond acceptors (Lipinski definition) is 6. The van der Waals surface area contributed by atoms with Gasteiger partial charge in [-0.3, -0.25) is 14.4 Å². The molecule has 81 heavy (non-hydrogen) atoms. The van der Waals surface area contributed by atoms with E-state index in [9.17, 15) is 14.4 Å². The molecule has 1 atom stereocenters. The summed E-state index contributed by atoms with van der Waals surface area (Å²) >= 11 is 0. The predicted molar refractivity (Wildman–Crippen MR) is 353 cm³/mol. The van der Waals surface area contributed by atoms with E-state index in [0.29, 0.717) is 19.3 Å². The first kappa shape index (κ1) is 77.3. The number of unbranched alkanes of at least 4 members (excludes halogenated alkanes) is 36. The Morgan fingerprint density at radius 3 is 0.753 bits per heavy atom. The van der Waals surface area contributed by atoms with E-state index in [2.05, 4.69) is 118 Å². The van der Waals surface area contributed by atoms with Gasteiger partial charge >= 0.3 is 17.9 Å². The molecule has 0 N–H and O–H groups in total. The van der Waals surface area contributed by atoms with E-state index in [1.807, 2.05) is 0 Å². The van der Waals surface area contributed by atoms with Crippen molar-refractivity contribution >= 4 is 17.9 Å². The molecule has 0 saturated carbocycles. The van der Waals surface area contributed by atoms with Gasteiger partial charge in [0, 0.05) is 19.3 Å². The van der Waals surface area contributed by atoms with Crippen molar-refractivity contribution in [2.24, 2.45) is 0 Å². The highest BCUT2D eigenvalue weighted by Gasteiger charge is 2.19. The fourth-order valence-electron chi connectivity index (χ4n) is 9.96. The van der Waals surface area contributed by atoms with Crippen molar-refractivity contribution in [3.05, 3.63) is 97.2 Å². The fourth-order valence-corrected chi connectivity index (χ4v) is 9.96. The van der Waals surface area contributed by atoms with Crippen molar-refractivity contribution in [3.63, 3.8) is 0 Å². The van der Waals surface area contributed by atoms with Crippen LogP contribution < -0.4 is 0 Å². The maximum atomic E-state index is 12.9. The van der Waals surface area contributed by atoms with Crippen LogP contribution in [0.4, 0.5) is 0 Å². The summed E-state index contributed by atoms with van der Waals surface area (Å²) in [4.78, 5) is 38.4. The Bertz CT molecular complexity index is 1580. The van der Waals surface area contributed by atoms with E-state index in [0.717, 1.165) is 135 Å². The average Bonchev–Trinajstić information content (AvgIpc) is 3.47. The largest absolute Gasteiger partial charge is 0.462 e. The van der Waals surface area contributed by atoms with Gasteiger partial charge in [-0.1, -0.05) is 323 Å². The Morgan fingerprint density at radius 2 is 0.481 bits per heavy atom. The summed E-state index contributed by atoms with van der Waals surface area (Å²) in [7, 11) is 0. The second kappa shape index (κ2) is 68.8. The lowest BCUT2D eigenvalue weighted by Gasteiger charge is -2.18. The van der Waals surface area contributed by atoms with Crippen molar-refractivity contribution < 1.29 is 28.6 Å². The molecule has 0 aromatic rings. The number of carbonyl (C=O) groups excluding carboxylic acids is 3. The average molecular weight is 1130 g/mol. The minimum absolute atomic E-state index is 0.0893. The smallest absolute Gasteiger partial charge is 0.306 e. The van der Waals surface area contributed by atoms with Crippen LogP contribution in [0.1, 0.15) is 342 Å². The second-order valence-corrected chi connectivity index (χ2v) is 23.0. The van der Waals surface area contributed by atoms with Gasteiger partial charge in [0.05, 0.1) is 0 Å². The zero-order chi connectivity index (χ0) is 58.5. The summed E-state index contributed by atoms with van der Waals surface area (Å²) in [5.41, 5.74) is 0. The third-order valence-corrected chi connectivity index (χ3v) is 15.1. The highest BCUT2D eigenvalue weighted by molar-refractivity contribution is 5.71. The molecule has 1 unspecified atom stereocenters. The zero-order valence-corrected chi connectivity index (χ0v) is 53.5. The molecule has 0 saturated heterocycles. The molecule has 0 aliphatic carbocycles. The SMILES string of the molecule is CC/C=C\C/C=C\C/C=C\C/C=C\CCCCCCCCC(=O)OC(COC(=O)CCCCCC/C=C\C/C=C\C/C=C\C/C=C\CC)COC(=O)CCCCCCCCCCCCCCCCCCCCCCCCCCCCC. The quantitative estimate of drug-likeness (QED) is 0.0261. The van der Waals surface area contributed by atoms with Crippen LogP contribution >= 0.6 is 0 Å². The standard InChI is InChI=1S/C75H130O6/c1-4-7-10-13-16-19-22-25-28-31-33-34-35-36-37-38-39-40-42-44-47-50-53-56-59-62-65-68-74(77)80-71-72(70-79-73(76)67-64-61-58-55-52-49-46-43-30-27-24-21-18-15-12-9-6-3)81-75(78)69-66-63-60-57-54-51-48-45-41-32-29-26-23-20-17-14-11-8-5-2/h8-9,11-12,17-18,20-21,26-27,29-30,41,45-46,49,72H,4-7,10,13-16,19,22-25,28,31-40,42-44,47-48,50-71H2,1-3H3/b11-8-,12-9-,20-17-,21-18-,29-26-,30-27-,45-41-,49-46-. The van der Waals surface area contributed by atoms with Crippen molar-refractivity contribution in [3.8, 4) is 0 Å². The molecule has 0 rings (SSSR count). The molecule has 0 fully saturated rings. The van der Waals surface area contributed by atoms with Crippen LogP contribution in [-0.2, 0) is 28.6 Å². The molecular weight excluding hydrogens is 997 g/mol. The van der Waals surface area contributed by atoms with Crippen molar-refractivity contribution in [1.82, 2.24) is 0 Å². The van der Waals surface area contributed by atoms with E-state index in [-0.39, 0.29) is 31.1 Å². The number of carbonyl (C=O) groups is 3. The number of allylic oxidation sites excluding steroid dienone is 16. The first-order chi connectivity index (χ1) is 40.0. The highest BCUT2D eigenvalue weighted by atomic mass is 16.6. The van der Waals surface area contributed by atoms with Gasteiger partial charge in [-0.25, -0.2) is 0 Å². The molecule has 0 aliphatic heterocycles. The van der Waals surface area contributed by atoms with Gasteiger partial charge < -0.3 is 14.2 Å². The van der Waals surface area contributed by atoms with Crippen LogP contribution in [0.2, 0.25) is 0 Å². The van der Waals surface area contributed by atoms with Crippen molar-refractivity contribution in [1.29, 1.82) is 0 Å². The molecular formula is C75H130O6. The zero-order valence-electron chi connectivity index (χ0n) is 53.5. The lowest BCUT2D eigenvalue weighted by Crippen LogP contribution is -2.30. The highest BCUT2D eigenvalue weighted by Crippen LogP contribution is 2.18. The lowest BCUT2D eigenvalue weighted by molar-refractivity contribution is -0.167. The van der Waals surface area contributed by atoms with Gasteiger partial charge in [0.1, 0.15) is 13.2 Å². The molecule has 0 aliphatic rings. The molecule has 6 nitrogen and oxygen atoms in total. The molecule has 0 heterocycles. The van der Waals surface area contributed by atoms with E-state index in [1.165, 1.54) is 167 Å². The summed E-state index contributed by atoms with van der Waals surface area (Å²) in [6.07, 6.45) is 92.9. The molecule has 0 bridgehead atoms. The summed E-state index contributed by atoms with van der Waals surface area (Å²) < 4.78 is 17.0. The Balaban J connectivity index is 4.33. The van der Waals surface area contributed by atoms with Gasteiger partial charge in [-0.2, -0.15) is 0 Å². The fraction of sp³-hybridized carbons (Fsp3) is 0.747. The van der Waals surface area contributed by atoms with E-state index >= 15 is 0 Å². The molecule has 466 valence electrons. The predicted octanol–water partition coefficient (Wildman–Crippen LogP) is 24.0. The van der Waals surface area contributed by atoms with Crippen LogP contribution in [0.15, 0.2) is 97.2 Å². The molecule has 0 radical (unpaired) electrons. The molecule has 6 heteroatoms. The third kappa shape index (κ3) is 67.0. The van der Waals surface area contributed by atoms with Crippen LogP contribution in [0, 0.1) is 0 Å². The minimum atomic E-state index is -0.798. The van der Waals surface area contributed by atoms with Gasteiger partial charge in [-0.05, 0) is 96.3 Å². The maximum Gasteiger partial charge on any atom is 0.306 e. The van der Waals surface area contributed by atoms with Gasteiger partial charge in [0.25, 0.3) is 0 Å².